The lowest BCUT2D eigenvalue weighted by Crippen LogP contribution is -2.26. The molecule has 8 heteroatoms. The van der Waals surface area contributed by atoms with Gasteiger partial charge in [-0.2, -0.15) is 5.26 Å². The number of nitrogens with zero attached hydrogens (tertiary/aromatic N) is 5. The summed E-state index contributed by atoms with van der Waals surface area (Å²) in [6, 6.07) is 13.5. The van der Waals surface area contributed by atoms with Crippen molar-refractivity contribution in [3.05, 3.63) is 54.0 Å². The number of benzene rings is 1. The Hall–Kier alpha value is -3.86. The van der Waals surface area contributed by atoms with Gasteiger partial charge in [0.05, 0.1) is 23.3 Å². The van der Waals surface area contributed by atoms with E-state index in [1.807, 2.05) is 66.4 Å². The molecule has 1 N–H and O–H groups in total. The molecule has 3 heterocycles. The van der Waals surface area contributed by atoms with Gasteiger partial charge in [0.2, 0.25) is 5.91 Å². The van der Waals surface area contributed by atoms with Gasteiger partial charge in [0.15, 0.2) is 5.78 Å². The van der Waals surface area contributed by atoms with Gasteiger partial charge in [0, 0.05) is 40.0 Å². The van der Waals surface area contributed by atoms with Crippen LogP contribution in [0.4, 0.5) is 22.9 Å². The number of carbonyl (C=O) groups excluding carboxylic acids is 2. The molecule has 8 nitrogen and oxygen atoms in total. The summed E-state index contributed by atoms with van der Waals surface area (Å²) in [6.07, 6.45) is 3.93. The third-order valence-corrected chi connectivity index (χ3v) is 5.89. The van der Waals surface area contributed by atoms with Gasteiger partial charge in [-0.3, -0.25) is 9.59 Å². The van der Waals surface area contributed by atoms with E-state index in [2.05, 4.69) is 15.2 Å². The zero-order valence-electron chi connectivity index (χ0n) is 18.3. The Kier molecular flexibility index (Phi) is 6.08. The van der Waals surface area contributed by atoms with Crippen LogP contribution < -0.4 is 20.0 Å². The van der Waals surface area contributed by atoms with E-state index in [-0.39, 0.29) is 30.1 Å². The van der Waals surface area contributed by atoms with Crippen molar-refractivity contribution in [1.82, 2.24) is 4.98 Å². The SMILES string of the molecule is CN1C(=C(C#N)C(=O)CCC(=O)Nc2ccc(N3CCCC3)nc2)N(C)c2ccccc21. The molecule has 1 aromatic carbocycles. The van der Waals surface area contributed by atoms with Crippen LogP contribution in [-0.2, 0) is 9.59 Å². The molecule has 0 atom stereocenters. The molecule has 0 radical (unpaired) electrons. The Morgan fingerprint density at radius 1 is 1.03 bits per heavy atom. The second kappa shape index (κ2) is 9.10. The van der Waals surface area contributed by atoms with Crippen LogP contribution in [0.15, 0.2) is 54.0 Å². The van der Waals surface area contributed by atoms with Crippen LogP contribution >= 0.6 is 0 Å². The minimum Gasteiger partial charge on any atom is -0.357 e. The summed E-state index contributed by atoms with van der Waals surface area (Å²) in [6.45, 7) is 2.01. The van der Waals surface area contributed by atoms with Gasteiger partial charge >= 0.3 is 0 Å². The first-order valence-corrected chi connectivity index (χ1v) is 10.7. The minimum absolute atomic E-state index is 0.00839. The second-order valence-electron chi connectivity index (χ2n) is 7.99. The first-order chi connectivity index (χ1) is 15.5. The molecule has 1 saturated heterocycles. The minimum atomic E-state index is -0.355. The summed E-state index contributed by atoms with van der Waals surface area (Å²) in [5.41, 5.74) is 2.49. The van der Waals surface area contributed by atoms with E-state index >= 15 is 0 Å². The molecule has 1 fully saturated rings. The average molecular weight is 431 g/mol. The third kappa shape index (κ3) is 4.14. The van der Waals surface area contributed by atoms with E-state index in [1.54, 1.807) is 6.20 Å². The quantitative estimate of drug-likeness (QED) is 0.555. The zero-order valence-corrected chi connectivity index (χ0v) is 18.3. The van der Waals surface area contributed by atoms with Crippen molar-refractivity contribution in [3.63, 3.8) is 0 Å². The Morgan fingerprint density at radius 3 is 2.25 bits per heavy atom. The number of aromatic nitrogens is 1. The van der Waals surface area contributed by atoms with E-state index in [4.69, 9.17) is 0 Å². The molecular weight excluding hydrogens is 404 g/mol. The highest BCUT2D eigenvalue weighted by molar-refractivity contribution is 6.04. The number of Topliss-reactive ketones (excluding diaryl/α,β-unsaturated/α-hetero) is 1. The predicted octanol–water partition coefficient (Wildman–Crippen LogP) is 3.29. The molecule has 1 amide bonds. The van der Waals surface area contributed by atoms with Gasteiger partial charge in [-0.25, -0.2) is 4.98 Å². The molecule has 2 aliphatic heterocycles. The van der Waals surface area contributed by atoms with Crippen molar-refractivity contribution >= 4 is 34.6 Å². The average Bonchev–Trinajstić information content (AvgIpc) is 3.43. The summed E-state index contributed by atoms with van der Waals surface area (Å²) in [5, 5.41) is 12.5. The fourth-order valence-corrected chi connectivity index (χ4v) is 4.23. The highest BCUT2D eigenvalue weighted by Crippen LogP contribution is 2.40. The molecule has 0 spiro atoms. The van der Waals surface area contributed by atoms with Gasteiger partial charge in [-0.15, -0.1) is 0 Å². The van der Waals surface area contributed by atoms with Crippen LogP contribution in [-0.4, -0.2) is 43.9 Å². The van der Waals surface area contributed by atoms with Gasteiger partial charge < -0.3 is 20.0 Å². The number of rotatable bonds is 6. The Morgan fingerprint density at radius 2 is 1.69 bits per heavy atom. The zero-order chi connectivity index (χ0) is 22.7. The second-order valence-corrected chi connectivity index (χ2v) is 7.99. The molecule has 0 aliphatic carbocycles. The van der Waals surface area contributed by atoms with E-state index in [9.17, 15) is 14.9 Å². The van der Waals surface area contributed by atoms with Crippen LogP contribution in [0, 0.1) is 11.3 Å². The molecule has 2 aliphatic rings. The number of anilines is 4. The maximum atomic E-state index is 12.8. The normalized spacial score (nSPS) is 14.9. The number of para-hydroxylation sites is 2. The molecule has 2 aromatic rings. The number of nitriles is 1. The first-order valence-electron chi connectivity index (χ1n) is 10.7. The van der Waals surface area contributed by atoms with Crippen LogP contribution in [0.2, 0.25) is 0 Å². The van der Waals surface area contributed by atoms with Crippen molar-refractivity contribution in [2.45, 2.75) is 25.7 Å². The largest absolute Gasteiger partial charge is 0.357 e. The van der Waals surface area contributed by atoms with Gasteiger partial charge in [-0.05, 0) is 37.1 Å². The maximum absolute atomic E-state index is 12.8. The van der Waals surface area contributed by atoms with Gasteiger partial charge in [0.25, 0.3) is 0 Å². The number of allylic oxidation sites excluding steroid dienone is 1. The molecule has 0 unspecified atom stereocenters. The number of pyridine rings is 1. The van der Waals surface area contributed by atoms with E-state index in [0.717, 1.165) is 30.3 Å². The lowest BCUT2D eigenvalue weighted by molar-refractivity contribution is -0.120. The molecule has 1 aromatic heterocycles. The summed E-state index contributed by atoms with van der Waals surface area (Å²) in [7, 11) is 3.65. The van der Waals surface area contributed by atoms with Crippen LogP contribution in [0.1, 0.15) is 25.7 Å². The third-order valence-electron chi connectivity index (χ3n) is 5.89. The van der Waals surface area contributed by atoms with E-state index in [0.29, 0.717) is 11.5 Å². The molecule has 164 valence electrons. The smallest absolute Gasteiger partial charge is 0.224 e. The van der Waals surface area contributed by atoms with Crippen molar-refractivity contribution < 1.29 is 9.59 Å². The highest BCUT2D eigenvalue weighted by atomic mass is 16.2. The number of fused-ring (bicyclic) bond motifs is 1. The number of nitrogens with one attached hydrogen (secondary N) is 1. The van der Waals surface area contributed by atoms with Crippen molar-refractivity contribution in [2.75, 3.05) is 47.2 Å². The van der Waals surface area contributed by atoms with Crippen molar-refractivity contribution in [1.29, 1.82) is 5.26 Å². The molecule has 4 rings (SSSR count). The highest BCUT2D eigenvalue weighted by Gasteiger charge is 2.31. The van der Waals surface area contributed by atoms with Crippen LogP contribution in [0.5, 0.6) is 0 Å². The Labute approximate surface area is 187 Å². The number of ketones is 1. The van der Waals surface area contributed by atoms with Crippen molar-refractivity contribution in [2.24, 2.45) is 0 Å². The van der Waals surface area contributed by atoms with E-state index < -0.39 is 0 Å². The number of hydrogen-bond donors (Lipinski definition) is 1. The Balaban J connectivity index is 1.38. The molecular formula is C24H26N6O2. The summed E-state index contributed by atoms with van der Waals surface area (Å²) >= 11 is 0. The standard InChI is InChI=1S/C24H26N6O2/c1-28-19-7-3-4-8-20(19)29(2)24(28)18(15-25)21(31)10-12-23(32)27-17-9-11-22(26-16-17)30-13-5-6-14-30/h3-4,7-9,11,16H,5-6,10,12-14H2,1-2H3,(H,27,32). The maximum Gasteiger partial charge on any atom is 0.224 e. The molecule has 32 heavy (non-hydrogen) atoms. The summed E-state index contributed by atoms with van der Waals surface area (Å²) in [4.78, 5) is 35.5. The predicted molar refractivity (Wildman–Crippen MR) is 124 cm³/mol. The first kappa shape index (κ1) is 21.4. The summed E-state index contributed by atoms with van der Waals surface area (Å²) < 4.78 is 0. The van der Waals surface area contributed by atoms with Crippen molar-refractivity contribution in [3.8, 4) is 6.07 Å². The number of amides is 1. The number of hydrogen-bond acceptors (Lipinski definition) is 7. The molecule has 0 saturated carbocycles. The van der Waals surface area contributed by atoms with E-state index in [1.165, 1.54) is 12.8 Å². The lowest BCUT2D eigenvalue weighted by atomic mass is 10.1. The molecule has 0 bridgehead atoms. The van der Waals surface area contributed by atoms with Gasteiger partial charge in [0.1, 0.15) is 23.3 Å². The topological polar surface area (TPSA) is 92.6 Å². The van der Waals surface area contributed by atoms with Crippen LogP contribution in [0.25, 0.3) is 0 Å². The van der Waals surface area contributed by atoms with Crippen LogP contribution in [0.3, 0.4) is 0 Å². The Bertz CT molecular complexity index is 1070. The fraction of sp³-hybridized carbons (Fsp3) is 0.333. The lowest BCUT2D eigenvalue weighted by Gasteiger charge is -2.19. The van der Waals surface area contributed by atoms with Gasteiger partial charge in [-0.1, -0.05) is 12.1 Å². The monoisotopic (exact) mass is 430 g/mol. The fourth-order valence-electron chi connectivity index (χ4n) is 4.23. The summed E-state index contributed by atoms with van der Waals surface area (Å²) in [5.74, 6) is 0.798. The number of carbonyl (C=O) groups is 2.